The molecule has 1 saturated heterocycles. The summed E-state index contributed by atoms with van der Waals surface area (Å²) in [5, 5.41) is 14.4. The number of anilines is 1. The Balaban J connectivity index is 1.60. The first kappa shape index (κ1) is 20.5. The number of likely N-dealkylation sites (tertiary alicyclic amines) is 1. The Labute approximate surface area is 185 Å². The van der Waals surface area contributed by atoms with Crippen LogP contribution >= 0.6 is 0 Å². The maximum atomic E-state index is 13.4. The number of nitrogens with zero attached hydrogens (tertiary/aromatic N) is 4. The fourth-order valence-electron chi connectivity index (χ4n) is 4.57. The zero-order valence-electron chi connectivity index (χ0n) is 18.0. The molecule has 0 radical (unpaired) electrons. The number of hydrogen-bond donors (Lipinski definition) is 1. The molecule has 32 heavy (non-hydrogen) atoms. The Morgan fingerprint density at radius 1 is 1.19 bits per heavy atom. The van der Waals surface area contributed by atoms with Gasteiger partial charge in [-0.1, -0.05) is 0 Å². The molecule has 1 atom stereocenters. The van der Waals surface area contributed by atoms with Gasteiger partial charge in [0.1, 0.15) is 17.3 Å². The monoisotopic (exact) mass is 436 g/mol. The second-order valence-electron chi connectivity index (χ2n) is 8.62. The quantitative estimate of drug-likeness (QED) is 0.637. The first-order valence-electron chi connectivity index (χ1n) is 10.7. The lowest BCUT2D eigenvalue weighted by atomic mass is 9.92. The lowest BCUT2D eigenvalue weighted by Crippen LogP contribution is -2.45. The van der Waals surface area contributed by atoms with Crippen LogP contribution in [0.1, 0.15) is 24.9 Å². The van der Waals surface area contributed by atoms with E-state index < -0.39 is 6.09 Å². The van der Waals surface area contributed by atoms with Crippen molar-refractivity contribution in [2.75, 3.05) is 25.0 Å². The molecule has 2 aliphatic heterocycles. The number of carbonyl (C=O) groups is 1. The molecule has 166 valence electrons. The van der Waals surface area contributed by atoms with Gasteiger partial charge in [-0.3, -0.25) is 9.58 Å². The van der Waals surface area contributed by atoms with Crippen molar-refractivity contribution in [3.05, 3.63) is 60.2 Å². The molecule has 1 aromatic heterocycles. The molecule has 0 unspecified atom stereocenters. The Bertz CT molecular complexity index is 1150. The zero-order chi connectivity index (χ0) is 22.4. The van der Waals surface area contributed by atoms with Crippen LogP contribution in [0.3, 0.4) is 0 Å². The van der Waals surface area contributed by atoms with Crippen molar-refractivity contribution in [3.8, 4) is 22.6 Å². The predicted octanol–water partition coefficient (Wildman–Crippen LogP) is 4.79. The van der Waals surface area contributed by atoms with Crippen molar-refractivity contribution in [2.24, 2.45) is 0 Å². The van der Waals surface area contributed by atoms with Gasteiger partial charge in [0, 0.05) is 42.0 Å². The normalized spacial score (nSPS) is 18.8. The molecule has 0 bridgehead atoms. The summed E-state index contributed by atoms with van der Waals surface area (Å²) >= 11 is 0. The van der Waals surface area contributed by atoms with E-state index >= 15 is 0 Å². The van der Waals surface area contributed by atoms with E-state index in [0.29, 0.717) is 36.1 Å². The summed E-state index contributed by atoms with van der Waals surface area (Å²) in [7, 11) is 2.08. The van der Waals surface area contributed by atoms with Gasteiger partial charge in [-0.2, -0.15) is 5.10 Å². The topological polar surface area (TPSA) is 70.8 Å². The van der Waals surface area contributed by atoms with Crippen molar-refractivity contribution < 1.29 is 19.0 Å². The number of aromatic nitrogens is 2. The maximum Gasteiger partial charge on any atom is 0.412 e. The first-order valence-corrected chi connectivity index (χ1v) is 10.7. The highest BCUT2D eigenvalue weighted by atomic mass is 19.1. The van der Waals surface area contributed by atoms with Crippen LogP contribution in [0.25, 0.3) is 11.1 Å². The van der Waals surface area contributed by atoms with Crippen molar-refractivity contribution in [1.29, 1.82) is 0 Å². The number of ether oxygens (including phenoxy) is 1. The van der Waals surface area contributed by atoms with Gasteiger partial charge in [-0.15, -0.1) is 0 Å². The van der Waals surface area contributed by atoms with Crippen molar-refractivity contribution in [1.82, 2.24) is 14.7 Å². The van der Waals surface area contributed by atoms with Crippen LogP contribution in [0.2, 0.25) is 0 Å². The molecular formula is C24H25FN4O3. The summed E-state index contributed by atoms with van der Waals surface area (Å²) in [6, 6.07) is 9.81. The summed E-state index contributed by atoms with van der Waals surface area (Å²) in [6.07, 6.45) is 4.22. The van der Waals surface area contributed by atoms with Crippen LogP contribution in [0.15, 0.2) is 48.8 Å². The zero-order valence-corrected chi connectivity index (χ0v) is 18.0. The number of fused-ring (bicyclic) bond motifs is 1. The van der Waals surface area contributed by atoms with Crippen LogP contribution < -0.4 is 9.64 Å². The summed E-state index contributed by atoms with van der Waals surface area (Å²) in [4.78, 5) is 15.6. The second kappa shape index (κ2) is 7.94. The van der Waals surface area contributed by atoms with Gasteiger partial charge >= 0.3 is 6.09 Å². The number of rotatable bonds is 4. The molecule has 2 aliphatic rings. The smallest absolute Gasteiger partial charge is 0.412 e. The fraction of sp³-hybridized carbons (Fsp3) is 0.333. The van der Waals surface area contributed by atoms with E-state index in [1.807, 2.05) is 36.1 Å². The molecule has 7 nitrogen and oxygen atoms in total. The number of halogens is 1. The summed E-state index contributed by atoms with van der Waals surface area (Å²) < 4.78 is 21.7. The minimum absolute atomic E-state index is 0.122. The number of hydrogen-bond acceptors (Lipinski definition) is 4. The third-order valence-corrected chi connectivity index (χ3v) is 6.32. The lowest BCUT2D eigenvalue weighted by molar-refractivity contribution is 0.130. The van der Waals surface area contributed by atoms with Gasteiger partial charge in [-0.05, 0) is 63.2 Å². The molecule has 0 aliphatic carbocycles. The molecule has 2 aromatic carbocycles. The van der Waals surface area contributed by atoms with Crippen molar-refractivity contribution >= 4 is 11.8 Å². The molecule has 0 spiro atoms. The Morgan fingerprint density at radius 3 is 2.62 bits per heavy atom. The average molecular weight is 436 g/mol. The van der Waals surface area contributed by atoms with E-state index in [1.165, 1.54) is 17.0 Å². The molecule has 5 rings (SSSR count). The van der Waals surface area contributed by atoms with E-state index in [0.717, 1.165) is 29.8 Å². The Hall–Kier alpha value is -3.39. The molecular weight excluding hydrogens is 411 g/mol. The highest BCUT2D eigenvalue weighted by Crippen LogP contribution is 2.44. The second-order valence-corrected chi connectivity index (χ2v) is 8.62. The Morgan fingerprint density at radius 2 is 1.94 bits per heavy atom. The third-order valence-electron chi connectivity index (χ3n) is 6.32. The third kappa shape index (κ3) is 3.60. The lowest BCUT2D eigenvalue weighted by Gasteiger charge is -2.36. The van der Waals surface area contributed by atoms with E-state index in [2.05, 4.69) is 17.0 Å². The molecule has 0 saturated carbocycles. The van der Waals surface area contributed by atoms with Gasteiger partial charge in [0.15, 0.2) is 0 Å². The van der Waals surface area contributed by atoms with Gasteiger partial charge in [0.2, 0.25) is 0 Å². The number of amides is 1. The van der Waals surface area contributed by atoms with E-state index in [1.54, 1.807) is 12.1 Å². The van der Waals surface area contributed by atoms with Gasteiger partial charge in [0.05, 0.1) is 17.9 Å². The van der Waals surface area contributed by atoms with Gasteiger partial charge in [0.25, 0.3) is 0 Å². The fourth-order valence-corrected chi connectivity index (χ4v) is 4.57. The number of benzene rings is 2. The standard InChI is InChI=1S/C24H25FN4O3/c1-15-3-8-21-22(29(15)24(30)31)10-9-20(23(21)32-19-6-4-17(25)5-7-19)16-11-26-28(12-16)18-13-27(2)14-18/h4-7,9-12,15,18H,3,8,13-14H2,1-2H3,(H,30,31)/t15-/m0/s1. The number of carboxylic acid groups (broad SMARTS) is 1. The molecule has 1 N–H and O–H groups in total. The number of likely N-dealkylation sites (N-methyl/N-ethyl adjacent to an activating group) is 1. The molecule has 8 heteroatoms. The van der Waals surface area contributed by atoms with Gasteiger partial charge in [-0.25, -0.2) is 9.18 Å². The molecule has 1 amide bonds. The van der Waals surface area contributed by atoms with Crippen LogP contribution in [-0.2, 0) is 6.42 Å². The predicted molar refractivity (Wildman–Crippen MR) is 119 cm³/mol. The average Bonchev–Trinajstić information content (AvgIpc) is 3.22. The van der Waals surface area contributed by atoms with Crippen LogP contribution in [0.5, 0.6) is 11.5 Å². The van der Waals surface area contributed by atoms with Crippen LogP contribution in [0, 0.1) is 5.82 Å². The van der Waals surface area contributed by atoms with Crippen molar-refractivity contribution in [2.45, 2.75) is 31.8 Å². The summed E-state index contributed by atoms with van der Waals surface area (Å²) in [5.41, 5.74) is 3.21. The van der Waals surface area contributed by atoms with Crippen molar-refractivity contribution in [3.63, 3.8) is 0 Å². The van der Waals surface area contributed by atoms with Crippen LogP contribution in [-0.4, -0.2) is 52.1 Å². The minimum atomic E-state index is -0.985. The first-order chi connectivity index (χ1) is 15.4. The summed E-state index contributed by atoms with van der Waals surface area (Å²) in [5.74, 6) is 0.748. The largest absolute Gasteiger partial charge is 0.465 e. The van der Waals surface area contributed by atoms with Gasteiger partial charge < -0.3 is 14.7 Å². The van der Waals surface area contributed by atoms with Crippen LogP contribution in [0.4, 0.5) is 14.9 Å². The summed E-state index contributed by atoms with van der Waals surface area (Å²) in [6.45, 7) is 3.82. The minimum Gasteiger partial charge on any atom is -0.465 e. The SMILES string of the molecule is C[C@H]1CCc2c(ccc(-c3cnn(C4CN(C)C4)c3)c2Oc2ccc(F)cc2)N1C(=O)O. The molecule has 3 heterocycles. The highest BCUT2D eigenvalue weighted by Gasteiger charge is 2.32. The van der Waals surface area contributed by atoms with E-state index in [9.17, 15) is 14.3 Å². The molecule has 3 aromatic rings. The molecule has 1 fully saturated rings. The van der Waals surface area contributed by atoms with E-state index in [4.69, 9.17) is 4.74 Å². The highest BCUT2D eigenvalue weighted by molar-refractivity contribution is 5.91. The Kier molecular flexibility index (Phi) is 5.09. The maximum absolute atomic E-state index is 13.4. The van der Waals surface area contributed by atoms with E-state index in [-0.39, 0.29) is 11.9 Å².